The zero-order valence-electron chi connectivity index (χ0n) is 14.3. The second kappa shape index (κ2) is 6.42. The summed E-state index contributed by atoms with van der Waals surface area (Å²) in [6, 6.07) is 23.0. The van der Waals surface area contributed by atoms with E-state index < -0.39 is 10.0 Å². The summed E-state index contributed by atoms with van der Waals surface area (Å²) >= 11 is 0. The van der Waals surface area contributed by atoms with Gasteiger partial charge in [-0.1, -0.05) is 66.2 Å². The number of nitrogens with zero attached hydrogens (tertiary/aromatic N) is 1. The van der Waals surface area contributed by atoms with Gasteiger partial charge in [-0.25, -0.2) is 4.83 Å². The highest BCUT2D eigenvalue weighted by Crippen LogP contribution is 2.43. The Kier molecular flexibility index (Phi) is 4.09. The molecule has 0 amide bonds. The van der Waals surface area contributed by atoms with Crippen LogP contribution in [0.3, 0.4) is 0 Å². The Labute approximate surface area is 153 Å². The van der Waals surface area contributed by atoms with Crippen molar-refractivity contribution in [3.05, 3.63) is 89.5 Å². The fraction of sp³-hybridized carbons (Fsp3) is 0.0952. The molecule has 0 atom stereocenters. The highest BCUT2D eigenvalue weighted by molar-refractivity contribution is 7.89. The molecule has 0 unspecified atom stereocenters. The monoisotopic (exact) mass is 362 g/mol. The minimum absolute atomic E-state index is 0.0666. The topological polar surface area (TPSA) is 58.5 Å². The lowest BCUT2D eigenvalue weighted by atomic mass is 9.99. The average molecular weight is 362 g/mol. The number of benzene rings is 3. The smallest absolute Gasteiger partial charge is 0.200 e. The third-order valence-electron chi connectivity index (χ3n) is 4.61. The van der Waals surface area contributed by atoms with Crippen molar-refractivity contribution in [2.45, 2.75) is 17.7 Å². The van der Waals surface area contributed by atoms with Crippen LogP contribution in [0.2, 0.25) is 0 Å². The van der Waals surface area contributed by atoms with Crippen LogP contribution in [-0.4, -0.2) is 14.6 Å². The molecule has 3 aromatic carbocycles. The standard InChI is InChI=1S/C21H18N2O2S/c1-15-10-12-16(13-11-15)26(24,25)23-22-14-21-19-8-4-2-6-17(19)18-7-3-5-9-20(18)21/h2-14,21,23H,1H3. The molecule has 0 spiro atoms. The van der Waals surface area contributed by atoms with Gasteiger partial charge in [0.25, 0.3) is 10.0 Å². The molecule has 0 aliphatic heterocycles. The maximum atomic E-state index is 12.4. The van der Waals surface area contributed by atoms with E-state index in [1.807, 2.05) is 31.2 Å². The van der Waals surface area contributed by atoms with Crippen LogP contribution >= 0.6 is 0 Å². The lowest BCUT2D eigenvalue weighted by Gasteiger charge is -2.08. The molecule has 3 aromatic rings. The van der Waals surface area contributed by atoms with Crippen LogP contribution in [0.5, 0.6) is 0 Å². The fourth-order valence-electron chi connectivity index (χ4n) is 3.30. The predicted molar refractivity (Wildman–Crippen MR) is 104 cm³/mol. The summed E-state index contributed by atoms with van der Waals surface area (Å²) in [5.74, 6) is -0.0666. The number of rotatable bonds is 4. The number of hydrazone groups is 1. The van der Waals surface area contributed by atoms with Gasteiger partial charge in [-0.2, -0.15) is 13.5 Å². The van der Waals surface area contributed by atoms with Gasteiger partial charge >= 0.3 is 0 Å². The van der Waals surface area contributed by atoms with Gasteiger partial charge in [0.05, 0.1) is 4.90 Å². The summed E-state index contributed by atoms with van der Waals surface area (Å²) in [7, 11) is -3.67. The maximum Gasteiger partial charge on any atom is 0.276 e. The molecule has 0 fully saturated rings. The van der Waals surface area contributed by atoms with Crippen molar-refractivity contribution < 1.29 is 8.42 Å². The first kappa shape index (κ1) is 16.5. The van der Waals surface area contributed by atoms with Crippen molar-refractivity contribution in [3.63, 3.8) is 0 Å². The molecule has 1 aliphatic carbocycles. The fourth-order valence-corrected chi connectivity index (χ4v) is 4.10. The first-order valence-corrected chi connectivity index (χ1v) is 9.84. The molecule has 0 radical (unpaired) electrons. The predicted octanol–water partition coefficient (Wildman–Crippen LogP) is 4.07. The van der Waals surface area contributed by atoms with Gasteiger partial charge < -0.3 is 0 Å². The average Bonchev–Trinajstić information content (AvgIpc) is 2.97. The lowest BCUT2D eigenvalue weighted by molar-refractivity contribution is 0.584. The SMILES string of the molecule is Cc1ccc(S(=O)(=O)NN=CC2c3ccccc3-c3ccccc32)cc1. The Morgan fingerprint density at radius 2 is 1.38 bits per heavy atom. The molecule has 130 valence electrons. The van der Waals surface area contributed by atoms with Crippen molar-refractivity contribution in [1.82, 2.24) is 4.83 Å². The molecule has 26 heavy (non-hydrogen) atoms. The van der Waals surface area contributed by atoms with Crippen molar-refractivity contribution in [2.75, 3.05) is 0 Å². The van der Waals surface area contributed by atoms with E-state index in [9.17, 15) is 8.42 Å². The molecule has 0 saturated heterocycles. The number of aryl methyl sites for hydroxylation is 1. The van der Waals surface area contributed by atoms with Gasteiger partial charge in [-0.15, -0.1) is 0 Å². The van der Waals surface area contributed by atoms with Gasteiger partial charge in [-0.3, -0.25) is 0 Å². The number of sulfonamides is 1. The Bertz CT molecular complexity index is 1040. The largest absolute Gasteiger partial charge is 0.276 e. The van der Waals surface area contributed by atoms with E-state index in [4.69, 9.17) is 0 Å². The summed E-state index contributed by atoms with van der Waals surface area (Å²) in [5, 5.41) is 4.06. The zero-order valence-corrected chi connectivity index (χ0v) is 15.1. The van der Waals surface area contributed by atoms with Gasteiger partial charge in [-0.05, 0) is 41.3 Å². The zero-order chi connectivity index (χ0) is 18.1. The van der Waals surface area contributed by atoms with E-state index in [1.165, 1.54) is 11.1 Å². The molecule has 4 nitrogen and oxygen atoms in total. The van der Waals surface area contributed by atoms with Gasteiger partial charge in [0.2, 0.25) is 0 Å². The highest BCUT2D eigenvalue weighted by atomic mass is 32.2. The lowest BCUT2D eigenvalue weighted by Crippen LogP contribution is -2.19. The first-order chi connectivity index (χ1) is 12.6. The summed E-state index contributed by atoms with van der Waals surface area (Å²) in [6.07, 6.45) is 1.66. The second-order valence-corrected chi connectivity index (χ2v) is 8.00. The molecule has 1 aliphatic rings. The quantitative estimate of drug-likeness (QED) is 0.562. The van der Waals surface area contributed by atoms with Crippen molar-refractivity contribution in [1.29, 1.82) is 0 Å². The third kappa shape index (κ3) is 2.91. The molecule has 1 N–H and O–H groups in total. The van der Waals surface area contributed by atoms with Crippen LogP contribution in [0.4, 0.5) is 0 Å². The van der Waals surface area contributed by atoms with Crippen LogP contribution in [0.25, 0.3) is 11.1 Å². The first-order valence-electron chi connectivity index (χ1n) is 8.36. The Balaban J connectivity index is 1.62. The molecule has 0 saturated carbocycles. The summed E-state index contributed by atoms with van der Waals surface area (Å²) < 4.78 is 24.8. The van der Waals surface area contributed by atoms with Crippen LogP contribution in [0.15, 0.2) is 82.8 Å². The Hall–Kier alpha value is -2.92. The number of fused-ring (bicyclic) bond motifs is 3. The van der Waals surface area contributed by atoms with E-state index in [2.05, 4.69) is 34.2 Å². The molecule has 0 heterocycles. The number of nitrogens with one attached hydrogen (secondary N) is 1. The van der Waals surface area contributed by atoms with Gasteiger partial charge in [0.1, 0.15) is 0 Å². The van der Waals surface area contributed by atoms with E-state index in [0.717, 1.165) is 16.7 Å². The van der Waals surface area contributed by atoms with E-state index in [-0.39, 0.29) is 10.8 Å². The van der Waals surface area contributed by atoms with Crippen molar-refractivity contribution in [3.8, 4) is 11.1 Å². The number of hydrogen-bond acceptors (Lipinski definition) is 3. The molecule has 0 bridgehead atoms. The summed E-state index contributed by atoms with van der Waals surface area (Å²) in [4.78, 5) is 2.53. The van der Waals surface area contributed by atoms with Gasteiger partial charge in [0, 0.05) is 12.1 Å². The highest BCUT2D eigenvalue weighted by Gasteiger charge is 2.26. The molecular formula is C21H18N2O2S. The Morgan fingerprint density at radius 1 is 0.846 bits per heavy atom. The van der Waals surface area contributed by atoms with Gasteiger partial charge in [0.15, 0.2) is 0 Å². The van der Waals surface area contributed by atoms with Crippen LogP contribution in [0.1, 0.15) is 22.6 Å². The second-order valence-electron chi connectivity index (χ2n) is 6.34. The summed E-state index contributed by atoms with van der Waals surface area (Å²) in [5.41, 5.74) is 5.60. The van der Waals surface area contributed by atoms with Crippen molar-refractivity contribution >= 4 is 16.2 Å². The van der Waals surface area contributed by atoms with Crippen LogP contribution < -0.4 is 4.83 Å². The maximum absolute atomic E-state index is 12.4. The minimum atomic E-state index is -3.67. The molecular weight excluding hydrogens is 344 g/mol. The molecule has 5 heteroatoms. The number of hydrogen-bond donors (Lipinski definition) is 1. The Morgan fingerprint density at radius 3 is 1.96 bits per heavy atom. The summed E-state index contributed by atoms with van der Waals surface area (Å²) in [6.45, 7) is 1.91. The minimum Gasteiger partial charge on any atom is -0.200 e. The van der Waals surface area contributed by atoms with Crippen LogP contribution in [0, 0.1) is 6.92 Å². The third-order valence-corrected chi connectivity index (χ3v) is 5.85. The van der Waals surface area contributed by atoms with E-state index in [0.29, 0.717) is 0 Å². The molecule has 4 rings (SSSR count). The van der Waals surface area contributed by atoms with Crippen molar-refractivity contribution in [2.24, 2.45) is 5.10 Å². The normalized spacial score (nSPS) is 13.6. The molecule has 0 aromatic heterocycles. The van der Waals surface area contributed by atoms with E-state index >= 15 is 0 Å². The van der Waals surface area contributed by atoms with Crippen LogP contribution in [-0.2, 0) is 10.0 Å². The van der Waals surface area contributed by atoms with E-state index in [1.54, 1.807) is 30.5 Å².